The second kappa shape index (κ2) is 9.03. The van der Waals surface area contributed by atoms with Crippen LogP contribution in [0.4, 0.5) is 36.4 Å². The summed E-state index contributed by atoms with van der Waals surface area (Å²) in [7, 11) is -3.30. The average Bonchev–Trinajstić information content (AvgIpc) is 3.21. The molecule has 0 aromatic heterocycles. The maximum Gasteiger partial charge on any atom is 0.435 e. The first kappa shape index (κ1) is 27.0. The molecule has 0 spiro atoms. The number of piperidine rings is 1. The van der Waals surface area contributed by atoms with Crippen LogP contribution in [-0.4, -0.2) is 62.9 Å². The molecule has 3 aliphatic rings. The van der Waals surface area contributed by atoms with Crippen LogP contribution in [-0.2, 0) is 20.5 Å². The van der Waals surface area contributed by atoms with Crippen LogP contribution < -0.4 is 10.6 Å². The van der Waals surface area contributed by atoms with Gasteiger partial charge in [-0.15, -0.1) is 0 Å². The maximum absolute atomic E-state index is 14.5. The molecule has 1 saturated heterocycles. The van der Waals surface area contributed by atoms with Gasteiger partial charge in [0.1, 0.15) is 0 Å². The summed E-state index contributed by atoms with van der Waals surface area (Å²) >= 11 is 0. The normalized spacial score (nSPS) is 26.2. The zero-order chi connectivity index (χ0) is 26.7. The number of nitrogens with one attached hydrogen (secondary N) is 2. The average molecular weight is 546 g/mol. The van der Waals surface area contributed by atoms with Crippen LogP contribution >= 0.6 is 0 Å². The Kier molecular flexibility index (Phi) is 6.76. The van der Waals surface area contributed by atoms with E-state index in [2.05, 4.69) is 10.6 Å². The smallest absolute Gasteiger partial charge is 0.384 e. The molecule has 1 aromatic rings. The molecule has 0 radical (unpaired) electrons. The summed E-state index contributed by atoms with van der Waals surface area (Å²) in [4.78, 5) is 13.0. The SMILES string of the molecule is CS(=O)(=O)N1CCC(NC(=O)[C@@H]2CC[C@H]3c4ccc(C(F)(C(F)(F)F)C(F)(F)F)cc4NC[C@@H]23)CC1. The third-order valence-corrected chi connectivity index (χ3v) is 8.89. The van der Waals surface area contributed by atoms with Crippen LogP contribution in [0.15, 0.2) is 18.2 Å². The zero-order valence-corrected chi connectivity index (χ0v) is 20.0. The summed E-state index contributed by atoms with van der Waals surface area (Å²) in [5, 5.41) is 5.77. The van der Waals surface area contributed by atoms with E-state index < -0.39 is 39.5 Å². The molecule has 202 valence electrons. The number of hydrogen-bond donors (Lipinski definition) is 2. The highest BCUT2D eigenvalue weighted by molar-refractivity contribution is 7.88. The molecule has 0 unspecified atom stereocenters. The molecule has 1 aromatic carbocycles. The predicted molar refractivity (Wildman–Crippen MR) is 116 cm³/mol. The van der Waals surface area contributed by atoms with Crippen molar-refractivity contribution >= 4 is 21.6 Å². The number of carbonyl (C=O) groups excluding carboxylic acids is 1. The number of halogens is 7. The topological polar surface area (TPSA) is 78.5 Å². The molecule has 2 fully saturated rings. The summed E-state index contributed by atoms with van der Waals surface area (Å²) < 4.78 is 118. The number of alkyl halides is 7. The summed E-state index contributed by atoms with van der Waals surface area (Å²) in [6.07, 6.45) is -9.34. The minimum Gasteiger partial charge on any atom is -0.384 e. The first-order chi connectivity index (χ1) is 16.5. The van der Waals surface area contributed by atoms with Crippen LogP contribution in [0.1, 0.15) is 42.7 Å². The third-order valence-electron chi connectivity index (χ3n) is 7.59. The second-order valence-electron chi connectivity index (χ2n) is 9.74. The molecule has 6 nitrogen and oxygen atoms in total. The van der Waals surface area contributed by atoms with Crippen molar-refractivity contribution in [2.75, 3.05) is 31.2 Å². The standard InChI is InChI=1S/C22H26F7N3O3S/c1-36(34,35)32-8-6-13(7-9-32)31-19(33)16-5-4-14-15-3-2-12(10-18(15)30-11-17(14)16)20(23,21(24,25)26)22(27,28)29/h2-3,10,13-14,16-17,30H,4-9,11H2,1H3,(H,31,33)/t14-,16+,17+/m0/s1. The van der Waals surface area contributed by atoms with Crippen molar-refractivity contribution in [2.45, 2.75) is 55.7 Å². The molecular formula is C22H26F7N3O3S. The van der Waals surface area contributed by atoms with Gasteiger partial charge in [-0.3, -0.25) is 4.79 Å². The molecule has 1 saturated carbocycles. The Morgan fingerprint density at radius 3 is 2.17 bits per heavy atom. The summed E-state index contributed by atoms with van der Waals surface area (Å²) in [5.74, 6) is -1.14. The highest BCUT2D eigenvalue weighted by Gasteiger charge is 2.73. The van der Waals surface area contributed by atoms with Gasteiger partial charge in [0, 0.05) is 42.8 Å². The highest BCUT2D eigenvalue weighted by atomic mass is 32.2. The highest BCUT2D eigenvalue weighted by Crippen LogP contribution is 2.55. The fourth-order valence-corrected chi connectivity index (χ4v) is 6.54. The molecule has 1 aliphatic carbocycles. The van der Waals surface area contributed by atoms with Crippen LogP contribution in [0.5, 0.6) is 0 Å². The van der Waals surface area contributed by atoms with Crippen LogP contribution in [0.3, 0.4) is 0 Å². The van der Waals surface area contributed by atoms with Crippen molar-refractivity contribution in [1.29, 1.82) is 0 Å². The van der Waals surface area contributed by atoms with E-state index in [1.165, 1.54) is 4.31 Å². The van der Waals surface area contributed by atoms with E-state index in [0.717, 1.165) is 12.3 Å². The number of hydrogen-bond acceptors (Lipinski definition) is 4. The quantitative estimate of drug-likeness (QED) is 0.560. The molecule has 3 atom stereocenters. The molecule has 4 rings (SSSR count). The summed E-state index contributed by atoms with van der Waals surface area (Å²) in [6.45, 7) is 0.733. The van der Waals surface area contributed by atoms with Crippen molar-refractivity contribution in [3.8, 4) is 0 Å². The van der Waals surface area contributed by atoms with Gasteiger partial charge in [0.05, 0.1) is 6.26 Å². The third kappa shape index (κ3) is 4.66. The Hall–Kier alpha value is -2.09. The van der Waals surface area contributed by atoms with Gasteiger partial charge in [-0.05, 0) is 49.1 Å². The lowest BCUT2D eigenvalue weighted by molar-refractivity contribution is -0.348. The lowest BCUT2D eigenvalue weighted by Crippen LogP contribution is -2.50. The van der Waals surface area contributed by atoms with Gasteiger partial charge in [-0.2, -0.15) is 26.3 Å². The van der Waals surface area contributed by atoms with Gasteiger partial charge in [0.25, 0.3) is 0 Å². The first-order valence-electron chi connectivity index (χ1n) is 11.5. The van der Waals surface area contributed by atoms with Crippen LogP contribution in [0, 0.1) is 11.8 Å². The monoisotopic (exact) mass is 545 g/mol. The fourth-order valence-electron chi connectivity index (χ4n) is 5.67. The molecule has 2 N–H and O–H groups in total. The van der Waals surface area contributed by atoms with Gasteiger partial charge < -0.3 is 10.6 Å². The van der Waals surface area contributed by atoms with Gasteiger partial charge >= 0.3 is 18.0 Å². The number of anilines is 1. The lowest BCUT2D eigenvalue weighted by atomic mass is 9.79. The van der Waals surface area contributed by atoms with Crippen molar-refractivity contribution in [2.24, 2.45) is 11.8 Å². The van der Waals surface area contributed by atoms with E-state index in [0.29, 0.717) is 56.5 Å². The van der Waals surface area contributed by atoms with E-state index in [-0.39, 0.29) is 36.0 Å². The molecule has 0 bridgehead atoms. The number of benzene rings is 1. The van der Waals surface area contributed by atoms with E-state index in [4.69, 9.17) is 0 Å². The van der Waals surface area contributed by atoms with E-state index in [9.17, 15) is 43.9 Å². The van der Waals surface area contributed by atoms with E-state index in [1.54, 1.807) is 0 Å². The molecule has 1 amide bonds. The van der Waals surface area contributed by atoms with Crippen molar-refractivity contribution in [3.05, 3.63) is 29.3 Å². The number of fused-ring (bicyclic) bond motifs is 3. The first-order valence-corrected chi connectivity index (χ1v) is 13.3. The van der Waals surface area contributed by atoms with Crippen molar-refractivity contribution < 1.29 is 43.9 Å². The van der Waals surface area contributed by atoms with Gasteiger partial charge in [-0.25, -0.2) is 17.1 Å². The zero-order valence-electron chi connectivity index (χ0n) is 19.2. The molecule has 14 heteroatoms. The predicted octanol–water partition coefficient (Wildman–Crippen LogP) is 4.05. The summed E-state index contributed by atoms with van der Waals surface area (Å²) in [5.41, 5.74) is -6.59. The minimum absolute atomic E-state index is 0.00141. The number of sulfonamides is 1. The molecule has 36 heavy (non-hydrogen) atoms. The van der Waals surface area contributed by atoms with Gasteiger partial charge in [0.2, 0.25) is 15.9 Å². The number of nitrogens with zero attached hydrogens (tertiary/aromatic N) is 1. The number of carbonyl (C=O) groups is 1. The Balaban J connectivity index is 1.47. The van der Waals surface area contributed by atoms with E-state index in [1.807, 2.05) is 0 Å². The van der Waals surface area contributed by atoms with Crippen molar-refractivity contribution in [3.63, 3.8) is 0 Å². The second-order valence-corrected chi connectivity index (χ2v) is 11.7. The minimum atomic E-state index is -6.19. The lowest BCUT2D eigenvalue weighted by Gasteiger charge is -2.35. The fraction of sp³-hybridized carbons (Fsp3) is 0.682. The Labute approximate surface area is 203 Å². The Morgan fingerprint density at radius 1 is 1.00 bits per heavy atom. The van der Waals surface area contributed by atoms with E-state index >= 15 is 0 Å². The Bertz CT molecular complexity index is 1100. The number of rotatable bonds is 4. The molecule has 2 heterocycles. The maximum atomic E-state index is 14.5. The van der Waals surface area contributed by atoms with Crippen molar-refractivity contribution in [1.82, 2.24) is 9.62 Å². The van der Waals surface area contributed by atoms with Gasteiger partial charge in [0.15, 0.2) is 0 Å². The number of amides is 1. The van der Waals surface area contributed by atoms with Gasteiger partial charge in [-0.1, -0.05) is 12.1 Å². The summed E-state index contributed by atoms with van der Waals surface area (Å²) in [6, 6.07) is 1.98. The van der Waals surface area contributed by atoms with Crippen LogP contribution in [0.25, 0.3) is 0 Å². The van der Waals surface area contributed by atoms with Crippen LogP contribution in [0.2, 0.25) is 0 Å². The molecular weight excluding hydrogens is 519 g/mol. The Morgan fingerprint density at radius 2 is 1.61 bits per heavy atom. The largest absolute Gasteiger partial charge is 0.435 e. The molecule has 2 aliphatic heterocycles.